The van der Waals surface area contributed by atoms with E-state index in [0.29, 0.717) is 6.61 Å². The van der Waals surface area contributed by atoms with Crippen LogP contribution in [0.4, 0.5) is 5.69 Å². The first-order valence-corrected chi connectivity index (χ1v) is 7.59. The van der Waals surface area contributed by atoms with Crippen molar-refractivity contribution >= 4 is 17.4 Å². The summed E-state index contributed by atoms with van der Waals surface area (Å²) in [7, 11) is 0. The maximum atomic E-state index is 6.08. The molecular weight excluding hydrogens is 270 g/mol. The highest BCUT2D eigenvalue weighted by atomic mass is 32.2. The Labute approximate surface area is 123 Å². The molecule has 1 aliphatic heterocycles. The fourth-order valence-electron chi connectivity index (χ4n) is 2.11. The molecule has 0 saturated heterocycles. The molecule has 0 amide bonds. The number of aryl methyl sites for hydroxylation is 1. The van der Waals surface area contributed by atoms with Crippen LogP contribution < -0.4 is 15.2 Å². The second kappa shape index (κ2) is 5.67. The maximum absolute atomic E-state index is 6.08. The van der Waals surface area contributed by atoms with E-state index in [1.807, 2.05) is 49.4 Å². The minimum absolute atomic E-state index is 0.0508. The molecular formula is C16H17NO2S. The van der Waals surface area contributed by atoms with Crippen LogP contribution in [0.25, 0.3) is 0 Å². The molecule has 1 unspecified atom stereocenters. The summed E-state index contributed by atoms with van der Waals surface area (Å²) in [6, 6.07) is 13.9. The lowest BCUT2D eigenvalue weighted by atomic mass is 10.2. The zero-order chi connectivity index (χ0) is 13.9. The standard InChI is InChI=1S/C16H17NO2S/c1-11-5-4-8-15(16(11)17)20-10-12-9-18-13-6-2-3-7-14(13)19-12/h2-8,12H,9-10,17H2,1H3. The third kappa shape index (κ3) is 2.70. The molecule has 2 aromatic carbocycles. The first-order chi connectivity index (χ1) is 9.74. The number of para-hydroxylation sites is 3. The largest absolute Gasteiger partial charge is 0.486 e. The zero-order valence-electron chi connectivity index (χ0n) is 11.3. The van der Waals surface area contributed by atoms with Gasteiger partial charge in [0.15, 0.2) is 11.5 Å². The van der Waals surface area contributed by atoms with Crippen LogP contribution in [0.1, 0.15) is 5.56 Å². The minimum Gasteiger partial charge on any atom is -0.486 e. The van der Waals surface area contributed by atoms with E-state index in [9.17, 15) is 0 Å². The van der Waals surface area contributed by atoms with Gasteiger partial charge in [0.2, 0.25) is 0 Å². The molecule has 3 nitrogen and oxygen atoms in total. The Balaban J connectivity index is 1.64. The highest BCUT2D eigenvalue weighted by Crippen LogP contribution is 2.33. The van der Waals surface area contributed by atoms with Crippen molar-refractivity contribution in [3.8, 4) is 11.5 Å². The van der Waals surface area contributed by atoms with Crippen LogP contribution in [0, 0.1) is 6.92 Å². The number of nitrogen functional groups attached to an aromatic ring is 1. The van der Waals surface area contributed by atoms with E-state index in [1.54, 1.807) is 11.8 Å². The van der Waals surface area contributed by atoms with Gasteiger partial charge in [-0.1, -0.05) is 24.3 Å². The Hall–Kier alpha value is -1.81. The lowest BCUT2D eigenvalue weighted by Gasteiger charge is -2.26. The fraction of sp³-hybridized carbons (Fsp3) is 0.250. The van der Waals surface area contributed by atoms with Gasteiger partial charge in [0.25, 0.3) is 0 Å². The summed E-state index contributed by atoms with van der Waals surface area (Å²) >= 11 is 1.71. The lowest BCUT2D eigenvalue weighted by molar-refractivity contribution is 0.107. The molecule has 0 fully saturated rings. The average molecular weight is 287 g/mol. The van der Waals surface area contributed by atoms with E-state index < -0.39 is 0 Å². The molecule has 0 bridgehead atoms. The van der Waals surface area contributed by atoms with Gasteiger partial charge in [-0.25, -0.2) is 0 Å². The Bertz CT molecular complexity index is 615. The summed E-state index contributed by atoms with van der Waals surface area (Å²) in [5, 5.41) is 0. The van der Waals surface area contributed by atoms with Crippen molar-refractivity contribution in [3.63, 3.8) is 0 Å². The fourth-order valence-corrected chi connectivity index (χ4v) is 3.13. The van der Waals surface area contributed by atoms with Crippen molar-refractivity contribution in [2.24, 2.45) is 0 Å². The normalized spacial score (nSPS) is 16.9. The highest BCUT2D eigenvalue weighted by Gasteiger charge is 2.20. The molecule has 2 N–H and O–H groups in total. The van der Waals surface area contributed by atoms with Gasteiger partial charge in [-0.15, -0.1) is 11.8 Å². The van der Waals surface area contributed by atoms with Crippen LogP contribution in [-0.4, -0.2) is 18.5 Å². The molecule has 0 spiro atoms. The monoisotopic (exact) mass is 287 g/mol. The summed E-state index contributed by atoms with van der Waals surface area (Å²) in [6.07, 6.45) is 0.0508. The van der Waals surface area contributed by atoms with E-state index in [2.05, 4.69) is 0 Å². The molecule has 0 aliphatic carbocycles. The van der Waals surface area contributed by atoms with Crippen LogP contribution in [0.5, 0.6) is 11.5 Å². The quantitative estimate of drug-likeness (QED) is 0.693. The van der Waals surface area contributed by atoms with Gasteiger partial charge in [-0.3, -0.25) is 0 Å². The summed E-state index contributed by atoms with van der Waals surface area (Å²) in [5.74, 6) is 2.47. The van der Waals surface area contributed by atoms with Gasteiger partial charge in [-0.05, 0) is 30.7 Å². The van der Waals surface area contributed by atoms with Gasteiger partial charge in [0.1, 0.15) is 12.7 Å². The predicted octanol–water partition coefficient (Wildman–Crippen LogP) is 3.51. The molecule has 0 radical (unpaired) electrons. The Kier molecular flexibility index (Phi) is 3.74. The van der Waals surface area contributed by atoms with Crippen molar-refractivity contribution < 1.29 is 9.47 Å². The van der Waals surface area contributed by atoms with Crippen molar-refractivity contribution in [3.05, 3.63) is 48.0 Å². The summed E-state index contributed by atoms with van der Waals surface area (Å²) in [4.78, 5) is 1.10. The Morgan fingerprint density at radius 1 is 1.15 bits per heavy atom. The molecule has 3 rings (SSSR count). The second-order valence-corrected chi connectivity index (χ2v) is 5.86. The SMILES string of the molecule is Cc1cccc(SCC2COc3ccccc3O2)c1N. The molecule has 4 heteroatoms. The summed E-state index contributed by atoms with van der Waals surface area (Å²) in [5.41, 5.74) is 8.05. The number of benzene rings is 2. The minimum atomic E-state index is 0.0508. The van der Waals surface area contributed by atoms with Crippen LogP contribution in [-0.2, 0) is 0 Å². The van der Waals surface area contributed by atoms with Gasteiger partial charge in [0.05, 0.1) is 0 Å². The van der Waals surface area contributed by atoms with Crippen LogP contribution in [0.2, 0.25) is 0 Å². The van der Waals surface area contributed by atoms with E-state index in [4.69, 9.17) is 15.2 Å². The van der Waals surface area contributed by atoms with Gasteiger partial charge in [0, 0.05) is 16.3 Å². The number of nitrogens with two attached hydrogens (primary N) is 1. The first-order valence-electron chi connectivity index (χ1n) is 6.60. The molecule has 1 atom stereocenters. The highest BCUT2D eigenvalue weighted by molar-refractivity contribution is 7.99. The number of hydrogen-bond acceptors (Lipinski definition) is 4. The first kappa shape index (κ1) is 13.2. The average Bonchev–Trinajstić information content (AvgIpc) is 2.48. The zero-order valence-corrected chi connectivity index (χ0v) is 12.2. The van der Waals surface area contributed by atoms with Crippen molar-refractivity contribution in [1.29, 1.82) is 0 Å². The molecule has 20 heavy (non-hydrogen) atoms. The summed E-state index contributed by atoms with van der Waals surface area (Å²) < 4.78 is 11.6. The van der Waals surface area contributed by atoms with Crippen molar-refractivity contribution in [2.45, 2.75) is 17.9 Å². The number of fused-ring (bicyclic) bond motifs is 1. The van der Waals surface area contributed by atoms with Crippen molar-refractivity contribution in [1.82, 2.24) is 0 Å². The van der Waals surface area contributed by atoms with E-state index in [-0.39, 0.29) is 6.10 Å². The van der Waals surface area contributed by atoms with Gasteiger partial charge in [-0.2, -0.15) is 0 Å². The van der Waals surface area contributed by atoms with Crippen LogP contribution in [0.3, 0.4) is 0 Å². The number of hydrogen-bond donors (Lipinski definition) is 1. The number of rotatable bonds is 3. The Morgan fingerprint density at radius 2 is 1.95 bits per heavy atom. The Morgan fingerprint density at radius 3 is 2.80 bits per heavy atom. The number of ether oxygens (including phenoxy) is 2. The van der Waals surface area contributed by atoms with Gasteiger partial charge >= 0.3 is 0 Å². The second-order valence-electron chi connectivity index (χ2n) is 4.80. The van der Waals surface area contributed by atoms with E-state index >= 15 is 0 Å². The molecule has 2 aromatic rings. The smallest absolute Gasteiger partial charge is 0.161 e. The van der Waals surface area contributed by atoms with Crippen molar-refractivity contribution in [2.75, 3.05) is 18.1 Å². The predicted molar refractivity (Wildman–Crippen MR) is 82.7 cm³/mol. The molecule has 0 saturated carbocycles. The van der Waals surface area contributed by atoms with Gasteiger partial charge < -0.3 is 15.2 Å². The van der Waals surface area contributed by atoms with Crippen LogP contribution >= 0.6 is 11.8 Å². The lowest BCUT2D eigenvalue weighted by Crippen LogP contribution is -2.31. The summed E-state index contributed by atoms with van der Waals surface area (Å²) in [6.45, 7) is 2.60. The van der Waals surface area contributed by atoms with E-state index in [1.165, 1.54) is 0 Å². The maximum Gasteiger partial charge on any atom is 0.161 e. The third-order valence-corrected chi connectivity index (χ3v) is 4.48. The third-order valence-electron chi connectivity index (χ3n) is 3.28. The number of thioether (sulfide) groups is 1. The number of anilines is 1. The molecule has 1 heterocycles. The van der Waals surface area contributed by atoms with E-state index in [0.717, 1.165) is 33.4 Å². The van der Waals surface area contributed by atoms with Crippen LogP contribution in [0.15, 0.2) is 47.4 Å². The molecule has 0 aromatic heterocycles. The molecule has 1 aliphatic rings. The molecule has 104 valence electrons. The topological polar surface area (TPSA) is 44.5 Å².